The second kappa shape index (κ2) is 4.42. The van der Waals surface area contributed by atoms with Crippen LogP contribution in [0.2, 0.25) is 0 Å². The van der Waals surface area contributed by atoms with E-state index < -0.39 is 0 Å². The number of likely N-dealkylation sites (N-methyl/N-ethyl adjacent to an activating group) is 1. The van der Waals surface area contributed by atoms with E-state index in [1.165, 1.54) is 5.69 Å². The Morgan fingerprint density at radius 3 is 2.69 bits per heavy atom. The summed E-state index contributed by atoms with van der Waals surface area (Å²) in [6.07, 6.45) is 0. The standard InChI is InChI=1S/C13H19FN2/c1-10-8-12(14)4-5-13(10)16-7-6-15(3)9-11(16)2/h4-5,8,11H,6-7,9H2,1-3H3. The number of aryl methyl sites for hydroxylation is 1. The van der Waals surface area contributed by atoms with Gasteiger partial charge in [0.05, 0.1) is 0 Å². The van der Waals surface area contributed by atoms with Crippen molar-refractivity contribution >= 4 is 5.69 Å². The maximum Gasteiger partial charge on any atom is 0.123 e. The van der Waals surface area contributed by atoms with Gasteiger partial charge in [-0.1, -0.05) is 0 Å². The molecular formula is C13H19FN2. The molecule has 3 heteroatoms. The smallest absolute Gasteiger partial charge is 0.123 e. The summed E-state index contributed by atoms with van der Waals surface area (Å²) in [4.78, 5) is 4.70. The van der Waals surface area contributed by atoms with Gasteiger partial charge < -0.3 is 9.80 Å². The van der Waals surface area contributed by atoms with E-state index in [9.17, 15) is 4.39 Å². The molecule has 0 radical (unpaired) electrons. The molecule has 1 heterocycles. The molecule has 1 unspecified atom stereocenters. The van der Waals surface area contributed by atoms with Crippen molar-refractivity contribution in [2.75, 3.05) is 31.6 Å². The highest BCUT2D eigenvalue weighted by Crippen LogP contribution is 2.24. The van der Waals surface area contributed by atoms with Gasteiger partial charge in [0.1, 0.15) is 5.82 Å². The first-order chi connectivity index (χ1) is 7.58. The van der Waals surface area contributed by atoms with Crippen LogP contribution in [-0.4, -0.2) is 37.6 Å². The number of piperazine rings is 1. The minimum Gasteiger partial charge on any atom is -0.366 e. The number of halogens is 1. The second-order valence-corrected chi connectivity index (χ2v) is 4.74. The lowest BCUT2D eigenvalue weighted by molar-refractivity contribution is 0.275. The first-order valence-electron chi connectivity index (χ1n) is 5.79. The topological polar surface area (TPSA) is 6.48 Å². The fourth-order valence-corrected chi connectivity index (χ4v) is 2.44. The largest absolute Gasteiger partial charge is 0.366 e. The summed E-state index contributed by atoms with van der Waals surface area (Å²) >= 11 is 0. The third-order valence-corrected chi connectivity index (χ3v) is 3.30. The van der Waals surface area contributed by atoms with E-state index in [0.717, 1.165) is 25.2 Å². The molecule has 1 saturated heterocycles. The highest BCUT2D eigenvalue weighted by Gasteiger charge is 2.22. The highest BCUT2D eigenvalue weighted by atomic mass is 19.1. The molecule has 0 amide bonds. The third kappa shape index (κ3) is 2.19. The molecule has 1 aromatic carbocycles. The van der Waals surface area contributed by atoms with Crippen LogP contribution in [0.1, 0.15) is 12.5 Å². The fraction of sp³-hybridized carbons (Fsp3) is 0.538. The second-order valence-electron chi connectivity index (χ2n) is 4.74. The van der Waals surface area contributed by atoms with E-state index in [1.807, 2.05) is 13.0 Å². The van der Waals surface area contributed by atoms with E-state index in [4.69, 9.17) is 0 Å². The maximum absolute atomic E-state index is 13.0. The molecule has 1 aliphatic rings. The zero-order valence-electron chi connectivity index (χ0n) is 10.2. The molecule has 0 saturated carbocycles. The molecule has 0 spiro atoms. The molecule has 88 valence electrons. The Kier molecular flexibility index (Phi) is 3.15. The summed E-state index contributed by atoms with van der Waals surface area (Å²) in [7, 11) is 2.14. The molecule has 1 atom stereocenters. The number of anilines is 1. The Morgan fingerprint density at radius 1 is 1.31 bits per heavy atom. The van der Waals surface area contributed by atoms with Crippen molar-refractivity contribution in [1.82, 2.24) is 4.90 Å². The number of rotatable bonds is 1. The van der Waals surface area contributed by atoms with Crippen LogP contribution in [0.4, 0.5) is 10.1 Å². The lowest BCUT2D eigenvalue weighted by Gasteiger charge is -2.40. The summed E-state index contributed by atoms with van der Waals surface area (Å²) < 4.78 is 13.0. The molecule has 0 aromatic heterocycles. The number of hydrogen-bond donors (Lipinski definition) is 0. The van der Waals surface area contributed by atoms with Crippen molar-refractivity contribution in [3.63, 3.8) is 0 Å². The van der Waals surface area contributed by atoms with Crippen molar-refractivity contribution in [2.45, 2.75) is 19.9 Å². The molecule has 0 bridgehead atoms. The van der Waals surface area contributed by atoms with Gasteiger partial charge in [-0.3, -0.25) is 0 Å². The number of benzene rings is 1. The van der Waals surface area contributed by atoms with Gasteiger partial charge in [0.25, 0.3) is 0 Å². The van der Waals surface area contributed by atoms with E-state index in [-0.39, 0.29) is 5.82 Å². The Labute approximate surface area is 96.7 Å². The lowest BCUT2D eigenvalue weighted by atomic mass is 10.1. The van der Waals surface area contributed by atoms with Crippen LogP contribution in [0, 0.1) is 12.7 Å². The molecule has 1 fully saturated rings. The molecule has 0 aliphatic carbocycles. The Morgan fingerprint density at radius 2 is 2.06 bits per heavy atom. The van der Waals surface area contributed by atoms with Crippen molar-refractivity contribution in [1.29, 1.82) is 0 Å². The molecule has 2 rings (SSSR count). The molecule has 2 nitrogen and oxygen atoms in total. The first-order valence-corrected chi connectivity index (χ1v) is 5.79. The van der Waals surface area contributed by atoms with E-state index in [2.05, 4.69) is 23.8 Å². The summed E-state index contributed by atoms with van der Waals surface area (Å²) in [5.74, 6) is -0.150. The van der Waals surface area contributed by atoms with Crippen molar-refractivity contribution in [2.24, 2.45) is 0 Å². The Balaban J connectivity index is 2.23. The van der Waals surface area contributed by atoms with Gasteiger partial charge in [-0.25, -0.2) is 4.39 Å². The zero-order valence-corrected chi connectivity index (χ0v) is 10.2. The van der Waals surface area contributed by atoms with Crippen LogP contribution in [0.15, 0.2) is 18.2 Å². The summed E-state index contributed by atoms with van der Waals surface area (Å²) in [6.45, 7) is 7.35. The molecule has 1 aromatic rings. The van der Waals surface area contributed by atoms with Gasteiger partial charge in [-0.05, 0) is 44.7 Å². The highest BCUT2D eigenvalue weighted by molar-refractivity contribution is 5.54. The molecular weight excluding hydrogens is 203 g/mol. The van der Waals surface area contributed by atoms with Crippen LogP contribution in [0.3, 0.4) is 0 Å². The number of nitrogens with zero attached hydrogens (tertiary/aromatic N) is 2. The fourth-order valence-electron chi connectivity index (χ4n) is 2.44. The maximum atomic E-state index is 13.0. The Hall–Kier alpha value is -1.09. The minimum absolute atomic E-state index is 0.150. The van der Waals surface area contributed by atoms with Gasteiger partial charge >= 0.3 is 0 Å². The molecule has 0 N–H and O–H groups in total. The van der Waals surface area contributed by atoms with E-state index in [1.54, 1.807) is 12.1 Å². The summed E-state index contributed by atoms with van der Waals surface area (Å²) in [6, 6.07) is 5.54. The molecule has 1 aliphatic heterocycles. The van der Waals surface area contributed by atoms with Crippen LogP contribution in [0.5, 0.6) is 0 Å². The SMILES string of the molecule is Cc1cc(F)ccc1N1CCN(C)CC1C. The van der Waals surface area contributed by atoms with E-state index in [0.29, 0.717) is 6.04 Å². The lowest BCUT2D eigenvalue weighted by Crippen LogP contribution is -2.50. The minimum atomic E-state index is -0.150. The first kappa shape index (κ1) is 11.4. The van der Waals surface area contributed by atoms with Crippen molar-refractivity contribution < 1.29 is 4.39 Å². The molecule has 16 heavy (non-hydrogen) atoms. The van der Waals surface area contributed by atoms with Gasteiger partial charge in [-0.2, -0.15) is 0 Å². The van der Waals surface area contributed by atoms with Gasteiger partial charge in [-0.15, -0.1) is 0 Å². The third-order valence-electron chi connectivity index (χ3n) is 3.30. The summed E-state index contributed by atoms with van der Waals surface area (Å²) in [5.41, 5.74) is 2.19. The monoisotopic (exact) mass is 222 g/mol. The predicted octanol–water partition coefficient (Wildman–Crippen LogP) is 2.27. The van der Waals surface area contributed by atoms with Crippen LogP contribution >= 0.6 is 0 Å². The van der Waals surface area contributed by atoms with Crippen LogP contribution < -0.4 is 4.90 Å². The predicted molar refractivity (Wildman–Crippen MR) is 65.4 cm³/mol. The van der Waals surface area contributed by atoms with Gasteiger partial charge in [0.2, 0.25) is 0 Å². The van der Waals surface area contributed by atoms with Crippen molar-refractivity contribution in [3.8, 4) is 0 Å². The van der Waals surface area contributed by atoms with E-state index >= 15 is 0 Å². The summed E-state index contributed by atoms with van der Waals surface area (Å²) in [5, 5.41) is 0. The average Bonchev–Trinajstić information content (AvgIpc) is 2.19. The van der Waals surface area contributed by atoms with Gasteiger partial charge in [0, 0.05) is 31.4 Å². The Bertz CT molecular complexity index is 378. The van der Waals surface area contributed by atoms with Crippen molar-refractivity contribution in [3.05, 3.63) is 29.6 Å². The van der Waals surface area contributed by atoms with Crippen LogP contribution in [0.25, 0.3) is 0 Å². The van der Waals surface area contributed by atoms with Gasteiger partial charge in [0.15, 0.2) is 0 Å². The normalized spacial score (nSPS) is 22.5. The van der Waals surface area contributed by atoms with Crippen LogP contribution in [-0.2, 0) is 0 Å². The zero-order chi connectivity index (χ0) is 11.7. The average molecular weight is 222 g/mol. The quantitative estimate of drug-likeness (QED) is 0.719. The number of hydrogen-bond acceptors (Lipinski definition) is 2.